The third-order valence-electron chi connectivity index (χ3n) is 6.15. The highest BCUT2D eigenvalue weighted by Gasteiger charge is 2.54. The molecule has 4 aliphatic carbocycles. The van der Waals surface area contributed by atoms with E-state index in [9.17, 15) is 9.90 Å². The minimum Gasteiger partial charge on any atom is -0.481 e. The zero-order chi connectivity index (χ0) is 13.7. The zero-order valence-corrected chi connectivity index (χ0v) is 11.9. The maximum absolute atomic E-state index is 11.4. The first-order chi connectivity index (χ1) is 9.64. The van der Waals surface area contributed by atoms with Gasteiger partial charge in [0.1, 0.15) is 0 Å². The molecule has 4 bridgehead atoms. The fourth-order valence-corrected chi connectivity index (χ4v) is 5.94. The second kappa shape index (κ2) is 4.37. The Morgan fingerprint density at radius 1 is 1.10 bits per heavy atom. The van der Waals surface area contributed by atoms with Crippen molar-refractivity contribution in [3.05, 3.63) is 24.5 Å². The molecule has 1 aromatic heterocycles. The van der Waals surface area contributed by atoms with Gasteiger partial charge in [0.15, 0.2) is 0 Å². The Morgan fingerprint density at radius 3 is 2.05 bits per heavy atom. The van der Waals surface area contributed by atoms with Gasteiger partial charge in [-0.3, -0.25) is 4.79 Å². The van der Waals surface area contributed by atoms with Crippen molar-refractivity contribution >= 4 is 5.97 Å². The van der Waals surface area contributed by atoms with E-state index < -0.39 is 5.97 Å². The van der Waals surface area contributed by atoms with Crippen LogP contribution in [-0.4, -0.2) is 15.6 Å². The molecule has 1 aromatic rings. The van der Waals surface area contributed by atoms with Crippen molar-refractivity contribution in [3.8, 4) is 0 Å². The maximum Gasteiger partial charge on any atom is 0.305 e. The van der Waals surface area contributed by atoms with Crippen molar-refractivity contribution in [2.75, 3.05) is 0 Å². The maximum atomic E-state index is 11.4. The molecule has 1 heterocycles. The molecule has 0 amide bonds. The lowest BCUT2D eigenvalue weighted by molar-refractivity contribution is -0.142. The summed E-state index contributed by atoms with van der Waals surface area (Å²) >= 11 is 0. The standard InChI is InChI=1S/C17H23NO2/c19-16(20)8-15(18-3-1-2-4-18)17-9-12-5-13(10-17)7-14(6-12)11-17/h1-4,12-15H,5-11H2,(H,19,20). The van der Waals surface area contributed by atoms with Gasteiger partial charge in [-0.05, 0) is 73.8 Å². The van der Waals surface area contributed by atoms with Gasteiger partial charge in [0.25, 0.3) is 0 Å². The number of nitrogens with zero attached hydrogens (tertiary/aromatic N) is 1. The lowest BCUT2D eigenvalue weighted by Crippen LogP contribution is -2.50. The molecule has 3 nitrogen and oxygen atoms in total. The molecule has 1 unspecified atom stereocenters. The highest BCUT2D eigenvalue weighted by atomic mass is 16.4. The smallest absolute Gasteiger partial charge is 0.305 e. The predicted molar refractivity (Wildman–Crippen MR) is 76.3 cm³/mol. The van der Waals surface area contributed by atoms with Gasteiger partial charge in [-0.25, -0.2) is 0 Å². The van der Waals surface area contributed by atoms with Gasteiger partial charge in [-0.1, -0.05) is 0 Å². The van der Waals surface area contributed by atoms with Gasteiger partial charge in [0, 0.05) is 18.4 Å². The number of aromatic nitrogens is 1. The Kier molecular flexibility index (Phi) is 2.73. The number of carboxylic acids is 1. The van der Waals surface area contributed by atoms with E-state index in [1.165, 1.54) is 38.5 Å². The summed E-state index contributed by atoms with van der Waals surface area (Å²) in [6.45, 7) is 0. The van der Waals surface area contributed by atoms with E-state index in [1.807, 2.05) is 12.1 Å². The molecule has 4 aliphatic rings. The van der Waals surface area contributed by atoms with Crippen molar-refractivity contribution in [1.82, 2.24) is 4.57 Å². The average Bonchev–Trinajstić information content (AvgIpc) is 2.87. The molecule has 0 radical (unpaired) electrons. The molecule has 0 spiro atoms. The van der Waals surface area contributed by atoms with Crippen LogP contribution in [0.3, 0.4) is 0 Å². The van der Waals surface area contributed by atoms with Crippen molar-refractivity contribution < 1.29 is 9.90 Å². The SMILES string of the molecule is O=C(O)CC(n1cccc1)C12CC3CC(CC(C3)C1)C2. The van der Waals surface area contributed by atoms with Crippen molar-refractivity contribution in [2.24, 2.45) is 23.2 Å². The van der Waals surface area contributed by atoms with E-state index in [0.717, 1.165) is 17.8 Å². The molecule has 0 aromatic carbocycles. The quantitative estimate of drug-likeness (QED) is 0.908. The summed E-state index contributed by atoms with van der Waals surface area (Å²) < 4.78 is 2.18. The molecule has 5 rings (SSSR count). The van der Waals surface area contributed by atoms with Crippen LogP contribution in [0.2, 0.25) is 0 Å². The van der Waals surface area contributed by atoms with Crippen LogP contribution < -0.4 is 0 Å². The molecule has 1 N–H and O–H groups in total. The Labute approximate surface area is 120 Å². The van der Waals surface area contributed by atoms with Crippen LogP contribution >= 0.6 is 0 Å². The van der Waals surface area contributed by atoms with Crippen LogP contribution in [-0.2, 0) is 4.79 Å². The number of carboxylic acid groups (broad SMARTS) is 1. The fourth-order valence-electron chi connectivity index (χ4n) is 5.94. The monoisotopic (exact) mass is 273 g/mol. The molecular weight excluding hydrogens is 250 g/mol. The number of hydrogen-bond donors (Lipinski definition) is 1. The summed E-state index contributed by atoms with van der Waals surface area (Å²) in [5.41, 5.74) is 0.256. The molecule has 20 heavy (non-hydrogen) atoms. The molecule has 3 heteroatoms. The second-order valence-corrected chi connectivity index (χ2v) is 7.52. The highest BCUT2D eigenvalue weighted by molar-refractivity contribution is 5.67. The van der Waals surface area contributed by atoms with E-state index >= 15 is 0 Å². The van der Waals surface area contributed by atoms with E-state index in [0.29, 0.717) is 0 Å². The van der Waals surface area contributed by atoms with E-state index in [1.54, 1.807) is 0 Å². The lowest BCUT2D eigenvalue weighted by Gasteiger charge is -2.59. The van der Waals surface area contributed by atoms with E-state index in [4.69, 9.17) is 0 Å². The van der Waals surface area contributed by atoms with Crippen LogP contribution in [0.15, 0.2) is 24.5 Å². The van der Waals surface area contributed by atoms with Gasteiger partial charge in [0.2, 0.25) is 0 Å². The minimum absolute atomic E-state index is 0.156. The van der Waals surface area contributed by atoms with Crippen molar-refractivity contribution in [3.63, 3.8) is 0 Å². The van der Waals surface area contributed by atoms with Gasteiger partial charge < -0.3 is 9.67 Å². The number of carbonyl (C=O) groups is 1. The fraction of sp³-hybridized carbons (Fsp3) is 0.706. The molecular formula is C17H23NO2. The Balaban J connectivity index is 1.70. The Hall–Kier alpha value is -1.25. The average molecular weight is 273 g/mol. The summed E-state index contributed by atoms with van der Waals surface area (Å²) in [7, 11) is 0. The van der Waals surface area contributed by atoms with Gasteiger partial charge in [-0.15, -0.1) is 0 Å². The molecule has 0 aliphatic heterocycles. The van der Waals surface area contributed by atoms with Crippen LogP contribution in [0, 0.1) is 23.2 Å². The van der Waals surface area contributed by atoms with E-state index in [2.05, 4.69) is 17.0 Å². The van der Waals surface area contributed by atoms with Crippen LogP contribution in [0.5, 0.6) is 0 Å². The molecule has 4 saturated carbocycles. The summed E-state index contributed by atoms with van der Waals surface area (Å²) in [4.78, 5) is 11.4. The normalized spacial score (nSPS) is 39.9. The Morgan fingerprint density at radius 2 is 1.60 bits per heavy atom. The first-order valence-electron chi connectivity index (χ1n) is 7.99. The number of hydrogen-bond acceptors (Lipinski definition) is 1. The topological polar surface area (TPSA) is 42.2 Å². The number of aliphatic carboxylic acids is 1. The van der Waals surface area contributed by atoms with Crippen molar-refractivity contribution in [1.29, 1.82) is 0 Å². The predicted octanol–water partition coefficient (Wildman–Crippen LogP) is 3.72. The largest absolute Gasteiger partial charge is 0.481 e. The minimum atomic E-state index is -0.653. The van der Waals surface area contributed by atoms with Crippen LogP contribution in [0.25, 0.3) is 0 Å². The third kappa shape index (κ3) is 1.90. The van der Waals surface area contributed by atoms with Crippen LogP contribution in [0.4, 0.5) is 0 Å². The van der Waals surface area contributed by atoms with Gasteiger partial charge in [-0.2, -0.15) is 0 Å². The Bertz CT molecular complexity index is 470. The highest BCUT2D eigenvalue weighted by Crippen LogP contribution is 2.64. The van der Waals surface area contributed by atoms with Crippen molar-refractivity contribution in [2.45, 2.75) is 51.0 Å². The number of rotatable bonds is 4. The summed E-state index contributed by atoms with van der Waals surface area (Å²) in [5.74, 6) is 1.95. The summed E-state index contributed by atoms with van der Waals surface area (Å²) in [6.07, 6.45) is 12.4. The second-order valence-electron chi connectivity index (χ2n) is 7.52. The molecule has 0 saturated heterocycles. The van der Waals surface area contributed by atoms with E-state index in [-0.39, 0.29) is 17.9 Å². The third-order valence-corrected chi connectivity index (χ3v) is 6.15. The summed E-state index contributed by atoms with van der Waals surface area (Å²) in [5, 5.41) is 9.37. The van der Waals surface area contributed by atoms with Crippen LogP contribution in [0.1, 0.15) is 51.0 Å². The molecule has 1 atom stereocenters. The first kappa shape index (κ1) is 12.5. The van der Waals surface area contributed by atoms with Gasteiger partial charge in [0.05, 0.1) is 6.42 Å². The molecule has 4 fully saturated rings. The zero-order valence-electron chi connectivity index (χ0n) is 11.9. The summed E-state index contributed by atoms with van der Waals surface area (Å²) in [6, 6.07) is 4.20. The molecule has 108 valence electrons. The first-order valence-corrected chi connectivity index (χ1v) is 7.99. The van der Waals surface area contributed by atoms with Gasteiger partial charge >= 0.3 is 5.97 Å². The lowest BCUT2D eigenvalue weighted by atomic mass is 9.47.